The SMILES string of the molecule is N#CC1CCCCN1C(=O)c1ccc(F)cc1Br. The molecule has 0 aliphatic carbocycles. The summed E-state index contributed by atoms with van der Waals surface area (Å²) in [7, 11) is 0. The molecule has 1 amide bonds. The van der Waals surface area contributed by atoms with E-state index >= 15 is 0 Å². The Hall–Kier alpha value is -1.41. The Morgan fingerprint density at radius 3 is 2.94 bits per heavy atom. The maximum absolute atomic E-state index is 13.0. The quantitative estimate of drug-likeness (QED) is 0.800. The summed E-state index contributed by atoms with van der Waals surface area (Å²) in [6.45, 7) is 0.584. The number of nitrogens with zero attached hydrogens (tertiary/aromatic N) is 2. The van der Waals surface area contributed by atoms with E-state index in [0.29, 0.717) is 23.0 Å². The Bertz CT molecular complexity index is 512. The number of likely N-dealkylation sites (tertiary alicyclic amines) is 1. The van der Waals surface area contributed by atoms with Crippen LogP contribution in [0, 0.1) is 17.1 Å². The van der Waals surface area contributed by atoms with Crippen molar-refractivity contribution in [2.24, 2.45) is 0 Å². The molecule has 1 aromatic rings. The molecule has 1 heterocycles. The summed E-state index contributed by atoms with van der Waals surface area (Å²) in [5.74, 6) is -0.609. The van der Waals surface area contributed by atoms with E-state index in [1.165, 1.54) is 18.2 Å². The summed E-state index contributed by atoms with van der Waals surface area (Å²) in [6, 6.07) is 5.74. The van der Waals surface area contributed by atoms with Crippen molar-refractivity contribution in [1.82, 2.24) is 4.90 Å². The fourth-order valence-electron chi connectivity index (χ4n) is 2.13. The second-order valence-corrected chi connectivity index (χ2v) is 5.12. The first-order valence-electron chi connectivity index (χ1n) is 5.79. The number of carbonyl (C=O) groups excluding carboxylic acids is 1. The van der Waals surface area contributed by atoms with Gasteiger partial charge < -0.3 is 4.90 Å². The van der Waals surface area contributed by atoms with Crippen molar-refractivity contribution in [3.05, 3.63) is 34.1 Å². The van der Waals surface area contributed by atoms with Gasteiger partial charge in [-0.15, -0.1) is 0 Å². The summed E-state index contributed by atoms with van der Waals surface area (Å²) in [5.41, 5.74) is 0.401. The Labute approximate surface area is 113 Å². The van der Waals surface area contributed by atoms with Gasteiger partial charge in [0.2, 0.25) is 0 Å². The van der Waals surface area contributed by atoms with Crippen molar-refractivity contribution in [3.8, 4) is 6.07 Å². The molecular weight excluding hydrogens is 299 g/mol. The third-order valence-corrected chi connectivity index (χ3v) is 3.73. The smallest absolute Gasteiger partial charge is 0.256 e. The molecular formula is C13H12BrFN2O. The number of hydrogen-bond donors (Lipinski definition) is 0. The van der Waals surface area contributed by atoms with Crippen LogP contribution in [0.3, 0.4) is 0 Å². The minimum absolute atomic E-state index is 0.215. The summed E-state index contributed by atoms with van der Waals surface area (Å²) in [4.78, 5) is 13.9. The third-order valence-electron chi connectivity index (χ3n) is 3.07. The van der Waals surface area contributed by atoms with Crippen LogP contribution in [0.15, 0.2) is 22.7 Å². The van der Waals surface area contributed by atoms with Gasteiger partial charge in [0.25, 0.3) is 5.91 Å². The van der Waals surface area contributed by atoms with Gasteiger partial charge in [0.15, 0.2) is 0 Å². The lowest BCUT2D eigenvalue weighted by Crippen LogP contribution is -2.43. The van der Waals surface area contributed by atoms with Crippen LogP contribution in [-0.4, -0.2) is 23.4 Å². The molecule has 5 heteroatoms. The molecule has 18 heavy (non-hydrogen) atoms. The van der Waals surface area contributed by atoms with Crippen LogP contribution >= 0.6 is 15.9 Å². The molecule has 1 fully saturated rings. The standard InChI is InChI=1S/C13H12BrFN2O/c14-12-7-9(15)4-5-11(12)13(18)17-6-2-1-3-10(17)8-16/h4-5,7,10H,1-3,6H2. The molecule has 0 aromatic heterocycles. The minimum Gasteiger partial charge on any atom is -0.323 e. The number of amides is 1. The predicted octanol–water partition coefficient (Wildman–Crippen LogP) is 3.11. The first kappa shape index (κ1) is 13.0. The van der Waals surface area contributed by atoms with Gasteiger partial charge >= 0.3 is 0 Å². The van der Waals surface area contributed by atoms with Gasteiger partial charge in [-0.1, -0.05) is 0 Å². The molecule has 1 unspecified atom stereocenters. The molecule has 94 valence electrons. The lowest BCUT2D eigenvalue weighted by Gasteiger charge is -2.31. The number of halogens is 2. The zero-order valence-electron chi connectivity index (χ0n) is 9.70. The number of rotatable bonds is 1. The van der Waals surface area contributed by atoms with Crippen LogP contribution in [-0.2, 0) is 0 Å². The highest BCUT2D eigenvalue weighted by Crippen LogP contribution is 2.24. The van der Waals surface area contributed by atoms with Gasteiger partial charge in [-0.05, 0) is 53.4 Å². The first-order chi connectivity index (χ1) is 8.63. The molecule has 1 atom stereocenters. The summed E-state index contributed by atoms with van der Waals surface area (Å²) >= 11 is 3.19. The van der Waals surface area contributed by atoms with E-state index in [0.717, 1.165) is 12.8 Å². The van der Waals surface area contributed by atoms with Gasteiger partial charge in [-0.3, -0.25) is 4.79 Å². The molecule has 1 aliphatic heterocycles. The Morgan fingerprint density at radius 2 is 2.28 bits per heavy atom. The van der Waals surface area contributed by atoms with E-state index < -0.39 is 5.82 Å². The van der Waals surface area contributed by atoms with E-state index in [4.69, 9.17) is 5.26 Å². The fraction of sp³-hybridized carbons (Fsp3) is 0.385. The molecule has 0 radical (unpaired) electrons. The average molecular weight is 311 g/mol. The van der Waals surface area contributed by atoms with Gasteiger partial charge in [-0.2, -0.15) is 5.26 Å². The number of hydrogen-bond acceptors (Lipinski definition) is 2. The second kappa shape index (κ2) is 5.49. The minimum atomic E-state index is -0.395. The summed E-state index contributed by atoms with van der Waals surface area (Å²) in [5, 5.41) is 9.06. The van der Waals surface area contributed by atoms with Crippen LogP contribution in [0.5, 0.6) is 0 Å². The van der Waals surface area contributed by atoms with Crippen molar-refractivity contribution in [3.63, 3.8) is 0 Å². The van der Waals surface area contributed by atoms with Crippen molar-refractivity contribution in [2.75, 3.05) is 6.54 Å². The van der Waals surface area contributed by atoms with Crippen molar-refractivity contribution in [1.29, 1.82) is 5.26 Å². The van der Waals surface area contributed by atoms with Gasteiger partial charge in [0, 0.05) is 11.0 Å². The topological polar surface area (TPSA) is 44.1 Å². The largest absolute Gasteiger partial charge is 0.323 e. The lowest BCUT2D eigenvalue weighted by atomic mass is 10.0. The van der Waals surface area contributed by atoms with Gasteiger partial charge in [-0.25, -0.2) is 4.39 Å². The molecule has 0 saturated carbocycles. The summed E-state index contributed by atoms with van der Waals surface area (Å²) in [6.07, 6.45) is 2.58. The van der Waals surface area contributed by atoms with Crippen molar-refractivity contribution >= 4 is 21.8 Å². The highest BCUT2D eigenvalue weighted by molar-refractivity contribution is 9.10. The zero-order valence-corrected chi connectivity index (χ0v) is 11.3. The number of carbonyl (C=O) groups is 1. The van der Waals surface area contributed by atoms with Gasteiger partial charge in [0.05, 0.1) is 11.6 Å². The third kappa shape index (κ3) is 2.54. The Balaban J connectivity index is 2.27. The van der Waals surface area contributed by atoms with E-state index in [1.54, 1.807) is 4.90 Å². The second-order valence-electron chi connectivity index (χ2n) is 4.26. The molecule has 0 N–H and O–H groups in total. The van der Waals surface area contributed by atoms with E-state index in [1.807, 2.05) is 0 Å². The number of benzene rings is 1. The van der Waals surface area contributed by atoms with E-state index in [2.05, 4.69) is 22.0 Å². The number of nitriles is 1. The van der Waals surface area contributed by atoms with Gasteiger partial charge in [0.1, 0.15) is 11.9 Å². The number of piperidine rings is 1. The van der Waals surface area contributed by atoms with Crippen molar-refractivity contribution < 1.29 is 9.18 Å². The molecule has 0 spiro atoms. The molecule has 3 nitrogen and oxygen atoms in total. The lowest BCUT2D eigenvalue weighted by molar-refractivity contribution is 0.0669. The van der Waals surface area contributed by atoms with Crippen LogP contribution in [0.25, 0.3) is 0 Å². The average Bonchev–Trinajstić information content (AvgIpc) is 2.38. The fourth-order valence-corrected chi connectivity index (χ4v) is 2.65. The molecule has 1 aromatic carbocycles. The van der Waals surface area contributed by atoms with Crippen LogP contribution in [0.2, 0.25) is 0 Å². The predicted molar refractivity (Wildman–Crippen MR) is 68.4 cm³/mol. The normalized spacial score (nSPS) is 19.4. The maximum atomic E-state index is 13.0. The molecule has 0 bridgehead atoms. The first-order valence-corrected chi connectivity index (χ1v) is 6.58. The highest BCUT2D eigenvalue weighted by atomic mass is 79.9. The highest BCUT2D eigenvalue weighted by Gasteiger charge is 2.28. The summed E-state index contributed by atoms with van der Waals surface area (Å²) < 4.78 is 13.4. The molecule has 2 rings (SSSR count). The van der Waals surface area contributed by atoms with Crippen LogP contribution < -0.4 is 0 Å². The van der Waals surface area contributed by atoms with Crippen molar-refractivity contribution in [2.45, 2.75) is 25.3 Å². The van der Waals surface area contributed by atoms with Crippen LogP contribution in [0.1, 0.15) is 29.6 Å². The Kier molecular flexibility index (Phi) is 3.97. The van der Waals surface area contributed by atoms with E-state index in [-0.39, 0.29) is 11.9 Å². The Morgan fingerprint density at radius 1 is 1.50 bits per heavy atom. The van der Waals surface area contributed by atoms with E-state index in [9.17, 15) is 9.18 Å². The maximum Gasteiger partial charge on any atom is 0.256 e. The molecule has 1 aliphatic rings. The monoisotopic (exact) mass is 310 g/mol. The molecule has 1 saturated heterocycles. The van der Waals surface area contributed by atoms with Crippen LogP contribution in [0.4, 0.5) is 4.39 Å². The zero-order chi connectivity index (χ0) is 13.1.